The molecule has 2 saturated heterocycles. The molecular weight excluding hydrogens is 1340 g/mol. The van der Waals surface area contributed by atoms with Crippen molar-refractivity contribution in [2.75, 3.05) is 0 Å². The van der Waals surface area contributed by atoms with E-state index in [2.05, 4.69) is 326 Å². The fourth-order valence-corrected chi connectivity index (χ4v) is 17.0. The lowest BCUT2D eigenvalue weighted by Gasteiger charge is -2.36. The highest BCUT2D eigenvalue weighted by atomic mass is 79.9. The van der Waals surface area contributed by atoms with Crippen LogP contribution in [0.3, 0.4) is 0 Å². The van der Waals surface area contributed by atoms with Gasteiger partial charge in [0.1, 0.15) is 0 Å². The molecule has 9 aromatic rings. The Labute approximate surface area is 613 Å². The first-order valence-electron chi connectivity index (χ1n) is 37.6. The fraction of sp³-hybridized carbons (Fsp3) is 0.467. The first-order chi connectivity index (χ1) is 46.7. The largest absolute Gasteiger partial charge is 0.494 e. The van der Waals surface area contributed by atoms with Crippen molar-refractivity contribution in [3.05, 3.63) is 217 Å². The molecule has 0 spiro atoms. The molecule has 0 atom stereocenters. The van der Waals surface area contributed by atoms with Gasteiger partial charge in [-0.25, -0.2) is 0 Å². The average molecular weight is 1450 g/mol. The maximum absolute atomic E-state index is 6.87. The molecule has 8 aromatic carbocycles. The lowest BCUT2D eigenvalue weighted by molar-refractivity contribution is 0.00578. The number of halogens is 2. The predicted octanol–water partition coefficient (Wildman–Crippen LogP) is 24.6. The van der Waals surface area contributed by atoms with Crippen molar-refractivity contribution in [2.45, 2.75) is 271 Å². The molecule has 99 heavy (non-hydrogen) atoms. The highest BCUT2D eigenvalue weighted by molar-refractivity contribution is 9.10. The molecular formula is C90H111B2Br2NO4. The van der Waals surface area contributed by atoms with Gasteiger partial charge in [-0.1, -0.05) is 294 Å². The van der Waals surface area contributed by atoms with Crippen molar-refractivity contribution < 1.29 is 18.6 Å². The second kappa shape index (κ2) is 27.6. The standard InChI is InChI=1S/C68H92B2O4.C22H19Br2N/c1-17-19-21-23-25-27-41-67(42-28-26-24-22-20-18-2)57-43-51(69-71-63(9,10)64(11,12)72-69)37-39-53(57)55-46-60-56(45-58(55)67)54-40-38-52(70-73-65(13,14)66(15,16)74-70)44-59(54)68(60,49-33-29-47(30-34-49)61(3,4)5)50-35-31-48(32-36-50)62(6,7)8;1-22(2,3)14-4-8-17(9-5-14)25-20-12-15(23)6-10-18(20)19-11-7-16(24)13-21(19)25/h29-40,43-46H,17-28,41-42H2,1-16H3;4-13H,1-3H3. The van der Waals surface area contributed by atoms with Gasteiger partial charge in [0.05, 0.1) is 38.9 Å². The molecule has 4 aliphatic rings. The molecule has 5 nitrogen and oxygen atoms in total. The Morgan fingerprint density at radius 2 is 0.687 bits per heavy atom. The van der Waals surface area contributed by atoms with Gasteiger partial charge in [0.15, 0.2) is 0 Å². The number of benzene rings is 8. The Balaban J connectivity index is 0.000000310. The van der Waals surface area contributed by atoms with E-state index in [9.17, 15) is 0 Å². The Morgan fingerprint density at radius 1 is 0.354 bits per heavy atom. The Morgan fingerprint density at radius 3 is 1.09 bits per heavy atom. The van der Waals surface area contributed by atoms with Crippen LogP contribution in [0, 0.1) is 0 Å². The molecule has 2 aliphatic carbocycles. The van der Waals surface area contributed by atoms with Crippen LogP contribution in [0.15, 0.2) is 167 Å². The van der Waals surface area contributed by atoms with E-state index in [1.807, 2.05) is 0 Å². The molecule has 0 unspecified atom stereocenters. The van der Waals surface area contributed by atoms with Crippen LogP contribution in [-0.2, 0) is 45.7 Å². The molecule has 2 fully saturated rings. The maximum Gasteiger partial charge on any atom is 0.494 e. The SMILES string of the molecule is CC(C)(C)c1ccc(-n2c3cc(Br)ccc3c3ccc(Br)cc32)cc1.CCCCCCCCC1(CCCCCCCC)c2cc(B3OC(C)(C)C(C)(C)O3)ccc2-c2cc3c(cc21)-c1ccc(B2OC(C)(C)C(C)(C)O2)cc1C3(c1ccc(C(C)(C)C)cc1)c1ccc(C(C)(C)C)cc1. The number of rotatable bonds is 19. The summed E-state index contributed by atoms with van der Waals surface area (Å²) in [7, 11) is -0.916. The zero-order valence-corrected chi connectivity index (χ0v) is 66.6. The molecule has 9 heteroatoms. The highest BCUT2D eigenvalue weighted by Crippen LogP contribution is 2.62. The number of hydrogen-bond acceptors (Lipinski definition) is 4. The van der Waals surface area contributed by atoms with Crippen molar-refractivity contribution in [1.29, 1.82) is 0 Å². The lowest BCUT2D eigenvalue weighted by atomic mass is 9.65. The van der Waals surface area contributed by atoms with Crippen molar-refractivity contribution in [2.24, 2.45) is 0 Å². The van der Waals surface area contributed by atoms with Gasteiger partial charge in [0.25, 0.3) is 0 Å². The third-order valence-electron chi connectivity index (χ3n) is 23.7. The molecule has 3 heterocycles. The summed E-state index contributed by atoms with van der Waals surface area (Å²) in [6.07, 6.45) is 17.5. The first kappa shape index (κ1) is 73.2. The average Bonchev–Trinajstić information content (AvgIpc) is 1.52. The molecule has 13 rings (SSSR count). The van der Waals surface area contributed by atoms with E-state index >= 15 is 0 Å². The minimum atomic E-state index is -0.640. The Bertz CT molecular complexity index is 4240. The normalized spacial score (nSPS) is 17.6. The summed E-state index contributed by atoms with van der Waals surface area (Å²) in [5, 5.41) is 2.54. The number of nitrogens with zero attached hydrogens (tertiary/aromatic N) is 1. The summed E-state index contributed by atoms with van der Waals surface area (Å²) in [5.74, 6) is 0. The van der Waals surface area contributed by atoms with Gasteiger partial charge in [-0.2, -0.15) is 0 Å². The second-order valence-electron chi connectivity index (χ2n) is 34.7. The van der Waals surface area contributed by atoms with Crippen LogP contribution in [0.5, 0.6) is 0 Å². The van der Waals surface area contributed by atoms with E-state index in [4.69, 9.17) is 18.6 Å². The van der Waals surface area contributed by atoms with E-state index in [0.29, 0.717) is 0 Å². The smallest absolute Gasteiger partial charge is 0.399 e. The fourth-order valence-electron chi connectivity index (χ4n) is 16.3. The summed E-state index contributed by atoms with van der Waals surface area (Å²) < 4.78 is 32.0. The van der Waals surface area contributed by atoms with Gasteiger partial charge in [-0.05, 0) is 216 Å². The van der Waals surface area contributed by atoms with Crippen LogP contribution in [0.4, 0.5) is 0 Å². The molecule has 0 saturated carbocycles. The molecule has 0 radical (unpaired) electrons. The third kappa shape index (κ3) is 13.8. The van der Waals surface area contributed by atoms with E-state index in [1.54, 1.807) is 0 Å². The molecule has 0 amide bonds. The molecule has 520 valence electrons. The number of unbranched alkanes of at least 4 members (excludes halogenated alkanes) is 10. The summed E-state index contributed by atoms with van der Waals surface area (Å²) in [6, 6.07) is 61.1. The second-order valence-corrected chi connectivity index (χ2v) is 36.5. The molecule has 0 bridgehead atoms. The van der Waals surface area contributed by atoms with E-state index in [0.717, 1.165) is 32.7 Å². The van der Waals surface area contributed by atoms with Crippen molar-refractivity contribution in [3.8, 4) is 27.9 Å². The van der Waals surface area contributed by atoms with Crippen LogP contribution in [0.25, 0.3) is 49.7 Å². The quantitative estimate of drug-likeness (QED) is 0.0598. The summed E-state index contributed by atoms with van der Waals surface area (Å²) in [4.78, 5) is 0. The van der Waals surface area contributed by atoms with Crippen molar-refractivity contribution in [1.82, 2.24) is 4.57 Å². The monoisotopic (exact) mass is 1450 g/mol. The van der Waals surface area contributed by atoms with Crippen LogP contribution < -0.4 is 10.9 Å². The maximum atomic E-state index is 6.87. The number of hydrogen-bond donors (Lipinski definition) is 0. The molecule has 2 aliphatic heterocycles. The summed E-state index contributed by atoms with van der Waals surface area (Å²) >= 11 is 7.25. The van der Waals surface area contributed by atoms with Crippen LogP contribution in [0.1, 0.15) is 272 Å². The predicted molar refractivity (Wildman–Crippen MR) is 430 cm³/mol. The van der Waals surface area contributed by atoms with Crippen molar-refractivity contribution >= 4 is 78.8 Å². The van der Waals surface area contributed by atoms with Gasteiger partial charge >= 0.3 is 14.2 Å². The summed E-state index contributed by atoms with van der Waals surface area (Å²) in [5.41, 5.74) is 21.0. The number of aromatic nitrogens is 1. The Hall–Kier alpha value is -5.51. The highest BCUT2D eigenvalue weighted by Gasteiger charge is 2.56. The zero-order valence-electron chi connectivity index (χ0n) is 63.4. The van der Waals surface area contributed by atoms with Crippen molar-refractivity contribution in [3.63, 3.8) is 0 Å². The minimum Gasteiger partial charge on any atom is -0.399 e. The van der Waals surface area contributed by atoms with Gasteiger partial charge in [-0.15, -0.1) is 0 Å². The zero-order chi connectivity index (χ0) is 71.0. The van der Waals surface area contributed by atoms with Gasteiger partial charge < -0.3 is 23.2 Å². The van der Waals surface area contributed by atoms with Gasteiger partial charge in [0, 0.05) is 30.8 Å². The summed E-state index contributed by atoms with van der Waals surface area (Å²) in [6.45, 7) is 42.7. The molecule has 0 N–H and O–H groups in total. The van der Waals surface area contributed by atoms with Gasteiger partial charge in [0.2, 0.25) is 0 Å². The van der Waals surface area contributed by atoms with E-state index < -0.39 is 42.1 Å². The Kier molecular flexibility index (Phi) is 20.4. The third-order valence-corrected chi connectivity index (χ3v) is 24.7. The van der Waals surface area contributed by atoms with Gasteiger partial charge in [-0.3, -0.25) is 0 Å². The number of fused-ring (bicyclic) bond motifs is 9. The first-order valence-corrected chi connectivity index (χ1v) is 39.2. The lowest BCUT2D eigenvalue weighted by Crippen LogP contribution is -2.41. The minimum absolute atomic E-state index is 0.00820. The molecule has 1 aromatic heterocycles. The van der Waals surface area contributed by atoms with Crippen LogP contribution in [0.2, 0.25) is 0 Å². The van der Waals surface area contributed by atoms with Crippen LogP contribution >= 0.6 is 31.9 Å². The van der Waals surface area contributed by atoms with Crippen LogP contribution in [-0.4, -0.2) is 41.2 Å². The van der Waals surface area contributed by atoms with E-state index in [-0.39, 0.29) is 21.7 Å². The van der Waals surface area contributed by atoms with E-state index in [1.165, 1.54) is 177 Å². The topological polar surface area (TPSA) is 41.9 Å².